The maximum absolute atomic E-state index is 2.34. The van der Waals surface area contributed by atoms with Crippen LogP contribution in [0.2, 0.25) is 13.1 Å². The second-order valence-electron chi connectivity index (χ2n) is 12.6. The van der Waals surface area contributed by atoms with Crippen LogP contribution >= 0.6 is 0 Å². The van der Waals surface area contributed by atoms with Gasteiger partial charge in [0.2, 0.25) is 0 Å². The van der Waals surface area contributed by atoms with Crippen molar-refractivity contribution in [1.29, 1.82) is 0 Å². The van der Waals surface area contributed by atoms with Gasteiger partial charge in [-0.3, -0.25) is 0 Å². The third-order valence-electron chi connectivity index (χ3n) is 6.96. The van der Waals surface area contributed by atoms with Crippen molar-refractivity contribution in [3.63, 3.8) is 0 Å². The van der Waals surface area contributed by atoms with Crippen molar-refractivity contribution in [2.24, 2.45) is 0 Å². The molecule has 0 unspecified atom stereocenters. The molecule has 0 saturated carbocycles. The maximum atomic E-state index is 2.34. The van der Waals surface area contributed by atoms with E-state index in [1.165, 1.54) is 77.2 Å². The van der Waals surface area contributed by atoms with Crippen LogP contribution in [-0.2, 0) is 33.8 Å². The van der Waals surface area contributed by atoms with Gasteiger partial charge in [-0.1, -0.05) is 124 Å². The molecule has 0 spiro atoms. The van der Waals surface area contributed by atoms with E-state index in [0.717, 1.165) is 0 Å². The summed E-state index contributed by atoms with van der Waals surface area (Å²) in [6.45, 7) is 18.3. The average Bonchev–Trinajstić information content (AvgIpc) is 3.49. The van der Waals surface area contributed by atoms with Crippen molar-refractivity contribution in [3.8, 4) is 0 Å². The molecule has 40 heavy (non-hydrogen) atoms. The molecule has 0 atom stereocenters. The Hall–Kier alpha value is -1.71. The standard InChI is InChI=1S/2C17H17.C2H6Si.2ClH.Hf/c2*1-17(2,3)14-10-13-9-8-12-6-4-5-7-15(12)16(13)11-14;1-3-2;;;/h2*4-11H,1-3H3;1-2H3;2*1H;/q2*-1;;;;+2/p-2. The summed E-state index contributed by atoms with van der Waals surface area (Å²) in [5, 5.41) is 10.8. The molecule has 4 heteroatoms. The Balaban J connectivity index is 0.000000237. The molecule has 6 rings (SSSR count). The molecule has 0 aliphatic heterocycles. The zero-order chi connectivity index (χ0) is 27.7. The van der Waals surface area contributed by atoms with Gasteiger partial charge < -0.3 is 24.8 Å². The fraction of sp³-hybridized carbons (Fsp3) is 0.278. The summed E-state index contributed by atoms with van der Waals surface area (Å²) in [4.78, 5) is 0. The summed E-state index contributed by atoms with van der Waals surface area (Å²) >= 11 is 1.45. The van der Waals surface area contributed by atoms with Crippen molar-refractivity contribution in [2.45, 2.75) is 65.5 Å². The average molecular weight is 750 g/mol. The van der Waals surface area contributed by atoms with Gasteiger partial charge in [0.15, 0.2) is 0 Å². The van der Waals surface area contributed by atoms with Crippen molar-refractivity contribution in [3.05, 3.63) is 108 Å². The third-order valence-corrected chi connectivity index (χ3v) is 6.96. The van der Waals surface area contributed by atoms with Crippen LogP contribution in [0.5, 0.6) is 0 Å². The first-order chi connectivity index (χ1) is 17.8. The van der Waals surface area contributed by atoms with Gasteiger partial charge in [-0.25, -0.2) is 0 Å². The normalized spacial score (nSPS) is 11.2. The molecule has 208 valence electrons. The molecule has 0 aliphatic carbocycles. The maximum Gasteiger partial charge on any atom is -1.00 e. The predicted molar refractivity (Wildman–Crippen MR) is 169 cm³/mol. The van der Waals surface area contributed by atoms with Crippen LogP contribution in [0.1, 0.15) is 52.7 Å². The summed E-state index contributed by atoms with van der Waals surface area (Å²) in [7, 11) is 0. The van der Waals surface area contributed by atoms with Crippen LogP contribution < -0.4 is 24.8 Å². The zero-order valence-electron chi connectivity index (χ0n) is 25.0. The van der Waals surface area contributed by atoms with E-state index in [-0.39, 0.29) is 41.1 Å². The van der Waals surface area contributed by atoms with Gasteiger partial charge >= 0.3 is 41.6 Å². The van der Waals surface area contributed by atoms with Crippen LogP contribution in [0, 0.1) is 0 Å². The van der Waals surface area contributed by atoms with Crippen LogP contribution in [0.3, 0.4) is 0 Å². The minimum atomic E-state index is 0. The van der Waals surface area contributed by atoms with Gasteiger partial charge in [0.05, 0.1) is 0 Å². The molecule has 0 N–H and O–H groups in total. The third kappa shape index (κ3) is 8.19. The van der Waals surface area contributed by atoms with E-state index in [2.05, 4.69) is 152 Å². The van der Waals surface area contributed by atoms with E-state index < -0.39 is 0 Å². The van der Waals surface area contributed by atoms with Crippen LogP contribution in [-0.4, -0.2) is 5.49 Å². The van der Waals surface area contributed by atoms with Gasteiger partial charge in [0.25, 0.3) is 0 Å². The smallest absolute Gasteiger partial charge is 1.00 e. The Morgan fingerprint density at radius 3 is 1.15 bits per heavy atom. The van der Waals surface area contributed by atoms with Gasteiger partial charge in [0.1, 0.15) is 0 Å². The molecule has 0 aliphatic rings. The fourth-order valence-corrected chi connectivity index (χ4v) is 4.79. The minimum Gasteiger partial charge on any atom is -1.00 e. The monoisotopic (exact) mass is 750 g/mol. The van der Waals surface area contributed by atoms with E-state index in [4.69, 9.17) is 0 Å². The molecule has 0 radical (unpaired) electrons. The quantitative estimate of drug-likeness (QED) is 0.155. The topological polar surface area (TPSA) is 0 Å². The SMILES string of the molecule is CC(C)(C)c1cc2ccc3ccccc3c2[cH-]1.CC(C)(C)c1cc2ccc3ccccc3c2[cH-]1.C[Si](C)=[Hf+2].[Cl-].[Cl-]. The van der Waals surface area contributed by atoms with Crippen LogP contribution in [0.4, 0.5) is 0 Å². The Bertz CT molecular complexity index is 1600. The number of fused-ring (bicyclic) bond motifs is 6. The Labute approximate surface area is 268 Å². The van der Waals surface area contributed by atoms with Crippen molar-refractivity contribution in [1.82, 2.24) is 0 Å². The van der Waals surface area contributed by atoms with Crippen LogP contribution in [0.25, 0.3) is 43.1 Å². The summed E-state index contributed by atoms with van der Waals surface area (Å²) in [5.41, 5.74) is 3.54. The molecule has 0 saturated heterocycles. The van der Waals surface area contributed by atoms with Crippen molar-refractivity contribution in [2.75, 3.05) is 0 Å². The van der Waals surface area contributed by atoms with E-state index in [9.17, 15) is 0 Å². The van der Waals surface area contributed by atoms with Gasteiger partial charge in [-0.05, 0) is 10.8 Å². The van der Waals surface area contributed by atoms with Gasteiger partial charge in [0, 0.05) is 0 Å². The summed E-state index contributed by atoms with van der Waals surface area (Å²) in [6, 6.07) is 35.4. The number of hydrogen-bond donors (Lipinski definition) is 0. The second-order valence-corrected chi connectivity index (χ2v) is 25.3. The number of halogens is 2. The van der Waals surface area contributed by atoms with E-state index in [1.54, 1.807) is 0 Å². The Kier molecular flexibility index (Phi) is 12.0. The molecule has 0 bridgehead atoms. The molecule has 0 nitrogen and oxygen atoms in total. The molecule has 6 aromatic carbocycles. The summed E-state index contributed by atoms with van der Waals surface area (Å²) < 4.78 is 0. The van der Waals surface area contributed by atoms with Crippen molar-refractivity contribution >= 4 is 48.6 Å². The molecule has 6 aromatic rings. The van der Waals surface area contributed by atoms with E-state index in [1.807, 2.05) is 0 Å². The zero-order valence-corrected chi connectivity index (χ0v) is 31.1. The van der Waals surface area contributed by atoms with E-state index >= 15 is 0 Å². The van der Waals surface area contributed by atoms with Gasteiger partial charge in [-0.2, -0.15) is 12.1 Å². The Morgan fingerprint density at radius 1 is 0.525 bits per heavy atom. The fourth-order valence-electron chi connectivity index (χ4n) is 4.79. The number of hydrogen-bond acceptors (Lipinski definition) is 0. The Morgan fingerprint density at radius 2 is 0.825 bits per heavy atom. The molecule has 0 heterocycles. The van der Waals surface area contributed by atoms with Crippen molar-refractivity contribution < 1.29 is 47.8 Å². The first-order valence-corrected chi connectivity index (χ1v) is 21.4. The minimum absolute atomic E-state index is 0. The molecule has 0 fully saturated rings. The molecular formula is C36H40Cl2HfSi-2. The predicted octanol–water partition coefficient (Wildman–Crippen LogP) is 4.81. The van der Waals surface area contributed by atoms with Gasteiger partial charge in [-0.15, -0.1) is 56.9 Å². The first kappa shape index (κ1) is 34.5. The number of rotatable bonds is 0. The van der Waals surface area contributed by atoms with E-state index in [0.29, 0.717) is 0 Å². The molecule has 0 aromatic heterocycles. The summed E-state index contributed by atoms with van der Waals surface area (Å²) in [5.74, 6) is 0. The number of benzene rings is 4. The molecular weight excluding hydrogens is 710 g/mol. The summed E-state index contributed by atoms with van der Waals surface area (Å²) in [6.07, 6.45) is 0. The largest absolute Gasteiger partial charge is 1.00 e. The molecule has 0 amide bonds. The van der Waals surface area contributed by atoms with Crippen LogP contribution in [0.15, 0.2) is 97.1 Å². The first-order valence-electron chi connectivity index (χ1n) is 13.5. The second kappa shape index (κ2) is 14.0.